The minimum absolute atomic E-state index is 0.401. The molecule has 1 aromatic carbocycles. The molecule has 1 amide bonds. The number of aliphatic carboxylic acids is 1. The predicted molar refractivity (Wildman–Crippen MR) is 65.3 cm³/mol. The Morgan fingerprint density at radius 1 is 1.39 bits per heavy atom. The lowest BCUT2D eigenvalue weighted by Gasteiger charge is -2.20. The third-order valence-corrected chi connectivity index (χ3v) is 2.66. The van der Waals surface area contributed by atoms with Gasteiger partial charge in [0.1, 0.15) is 5.54 Å². The molecule has 6 heteroatoms. The summed E-state index contributed by atoms with van der Waals surface area (Å²) >= 11 is 0. The summed E-state index contributed by atoms with van der Waals surface area (Å²) in [6, 6.07) is 5.00. The number of amides is 1. The van der Waals surface area contributed by atoms with Crippen LogP contribution in [0, 0.1) is 0 Å². The number of nitrogens with zero attached hydrogens (tertiary/aromatic N) is 1. The Balaban J connectivity index is 2.25. The summed E-state index contributed by atoms with van der Waals surface area (Å²) in [6.45, 7) is 2.87. The Hall–Kier alpha value is -2.37. The average molecular weight is 247 g/mol. The first kappa shape index (κ1) is 12.1. The van der Waals surface area contributed by atoms with Gasteiger partial charge in [0, 0.05) is 10.9 Å². The summed E-state index contributed by atoms with van der Waals surface area (Å²) in [5.74, 6) is -1.51. The van der Waals surface area contributed by atoms with Crippen molar-refractivity contribution in [1.29, 1.82) is 0 Å². The Morgan fingerprint density at radius 2 is 2.11 bits per heavy atom. The van der Waals surface area contributed by atoms with Crippen molar-refractivity contribution in [2.24, 2.45) is 0 Å². The first-order valence-electron chi connectivity index (χ1n) is 5.39. The normalized spacial score (nSPS) is 11.4. The van der Waals surface area contributed by atoms with Crippen LogP contribution in [0.5, 0.6) is 0 Å². The molecule has 0 aliphatic heterocycles. The van der Waals surface area contributed by atoms with E-state index in [-0.39, 0.29) is 0 Å². The molecule has 3 N–H and O–H groups in total. The number of H-pyrrole nitrogens is 1. The molecule has 0 aliphatic carbocycles. The van der Waals surface area contributed by atoms with Crippen LogP contribution in [0.4, 0.5) is 0 Å². The molecule has 0 atom stereocenters. The van der Waals surface area contributed by atoms with E-state index in [1.54, 1.807) is 24.4 Å². The fraction of sp³-hybridized carbons (Fsp3) is 0.250. The molecule has 0 saturated carbocycles. The number of benzene rings is 1. The molecule has 2 aromatic rings. The highest BCUT2D eigenvalue weighted by Gasteiger charge is 2.29. The molecule has 0 fully saturated rings. The molecule has 0 unspecified atom stereocenters. The average Bonchev–Trinajstić information content (AvgIpc) is 2.74. The van der Waals surface area contributed by atoms with E-state index < -0.39 is 17.4 Å². The van der Waals surface area contributed by atoms with E-state index in [9.17, 15) is 9.59 Å². The number of aromatic amines is 1. The first-order chi connectivity index (χ1) is 8.40. The van der Waals surface area contributed by atoms with Crippen molar-refractivity contribution < 1.29 is 14.7 Å². The third kappa shape index (κ3) is 2.17. The van der Waals surface area contributed by atoms with Gasteiger partial charge in [0.05, 0.1) is 11.7 Å². The van der Waals surface area contributed by atoms with Gasteiger partial charge in [0.15, 0.2) is 0 Å². The van der Waals surface area contributed by atoms with E-state index in [1.807, 2.05) is 0 Å². The van der Waals surface area contributed by atoms with Crippen LogP contribution in [0.15, 0.2) is 24.4 Å². The van der Waals surface area contributed by atoms with E-state index in [1.165, 1.54) is 13.8 Å². The highest BCUT2D eigenvalue weighted by molar-refractivity contribution is 6.00. The molecule has 1 heterocycles. The molecule has 6 nitrogen and oxygen atoms in total. The fourth-order valence-electron chi connectivity index (χ4n) is 1.49. The molecule has 0 spiro atoms. The fourth-order valence-corrected chi connectivity index (χ4v) is 1.49. The minimum Gasteiger partial charge on any atom is -0.480 e. The standard InChI is InChI=1S/C12H13N3O3/c1-12(2,11(17)18)14-10(16)7-3-4-9-8(5-7)6-13-15-9/h3-6H,1-2H3,(H,13,15)(H,14,16)(H,17,18). The second-order valence-corrected chi connectivity index (χ2v) is 4.56. The third-order valence-electron chi connectivity index (χ3n) is 2.66. The number of fused-ring (bicyclic) bond motifs is 1. The van der Waals surface area contributed by atoms with Gasteiger partial charge in [0.2, 0.25) is 0 Å². The van der Waals surface area contributed by atoms with Crippen LogP contribution in [0.25, 0.3) is 10.9 Å². The molecule has 18 heavy (non-hydrogen) atoms. The van der Waals surface area contributed by atoms with Crippen molar-refractivity contribution in [3.8, 4) is 0 Å². The summed E-state index contributed by atoms with van der Waals surface area (Å²) < 4.78 is 0. The van der Waals surface area contributed by atoms with Gasteiger partial charge in [0.25, 0.3) is 5.91 Å². The largest absolute Gasteiger partial charge is 0.480 e. The number of hydrogen-bond donors (Lipinski definition) is 3. The number of carboxylic acids is 1. The van der Waals surface area contributed by atoms with Crippen LogP contribution in [-0.2, 0) is 4.79 Å². The Bertz CT molecular complexity index is 616. The Kier molecular flexibility index (Phi) is 2.78. The Labute approximate surface area is 103 Å². The maximum atomic E-state index is 11.9. The Morgan fingerprint density at radius 3 is 2.78 bits per heavy atom. The van der Waals surface area contributed by atoms with E-state index in [2.05, 4.69) is 15.5 Å². The summed E-state index contributed by atoms with van der Waals surface area (Å²) in [5.41, 5.74) is -0.0788. The lowest BCUT2D eigenvalue weighted by molar-refractivity contribution is -0.143. The monoisotopic (exact) mass is 247 g/mol. The van der Waals surface area contributed by atoms with Crippen LogP contribution >= 0.6 is 0 Å². The quantitative estimate of drug-likeness (QED) is 0.758. The number of hydrogen-bond acceptors (Lipinski definition) is 3. The molecule has 0 bridgehead atoms. The lowest BCUT2D eigenvalue weighted by atomic mass is 10.0. The molecule has 0 aliphatic rings. The van der Waals surface area contributed by atoms with E-state index in [0.29, 0.717) is 5.56 Å². The lowest BCUT2D eigenvalue weighted by Crippen LogP contribution is -2.49. The SMILES string of the molecule is CC(C)(NC(=O)c1ccc2[nH]ncc2c1)C(=O)O. The zero-order chi connectivity index (χ0) is 13.3. The molecule has 94 valence electrons. The van der Waals surface area contributed by atoms with Crippen LogP contribution in [-0.4, -0.2) is 32.7 Å². The van der Waals surface area contributed by atoms with E-state index >= 15 is 0 Å². The van der Waals surface area contributed by atoms with Crippen LogP contribution in [0.1, 0.15) is 24.2 Å². The smallest absolute Gasteiger partial charge is 0.328 e. The predicted octanol–water partition coefficient (Wildman–Crippen LogP) is 1.16. The summed E-state index contributed by atoms with van der Waals surface area (Å²) in [5, 5.41) is 18.8. The van der Waals surface area contributed by atoms with Crippen LogP contribution in [0.2, 0.25) is 0 Å². The molecule has 2 rings (SSSR count). The van der Waals surface area contributed by atoms with Crippen molar-refractivity contribution in [1.82, 2.24) is 15.5 Å². The number of nitrogens with one attached hydrogen (secondary N) is 2. The van der Waals surface area contributed by atoms with Crippen molar-refractivity contribution in [3.63, 3.8) is 0 Å². The summed E-state index contributed by atoms with van der Waals surface area (Å²) in [7, 11) is 0. The topological polar surface area (TPSA) is 95.1 Å². The molecule has 0 saturated heterocycles. The second-order valence-electron chi connectivity index (χ2n) is 4.56. The highest BCUT2D eigenvalue weighted by atomic mass is 16.4. The van der Waals surface area contributed by atoms with Gasteiger partial charge in [-0.2, -0.15) is 5.10 Å². The van der Waals surface area contributed by atoms with Gasteiger partial charge in [-0.3, -0.25) is 9.89 Å². The molecule has 1 aromatic heterocycles. The maximum Gasteiger partial charge on any atom is 0.328 e. The van der Waals surface area contributed by atoms with Gasteiger partial charge < -0.3 is 10.4 Å². The van der Waals surface area contributed by atoms with Gasteiger partial charge in [-0.15, -0.1) is 0 Å². The summed E-state index contributed by atoms with van der Waals surface area (Å²) in [6.07, 6.45) is 1.61. The zero-order valence-electron chi connectivity index (χ0n) is 10.0. The van der Waals surface area contributed by atoms with E-state index in [0.717, 1.165) is 10.9 Å². The highest BCUT2D eigenvalue weighted by Crippen LogP contribution is 2.14. The van der Waals surface area contributed by atoms with Crippen molar-refractivity contribution >= 4 is 22.8 Å². The number of rotatable bonds is 3. The first-order valence-corrected chi connectivity index (χ1v) is 5.39. The van der Waals surface area contributed by atoms with Gasteiger partial charge in [-0.05, 0) is 32.0 Å². The van der Waals surface area contributed by atoms with Gasteiger partial charge in [-0.25, -0.2) is 4.79 Å². The van der Waals surface area contributed by atoms with Crippen LogP contribution in [0.3, 0.4) is 0 Å². The van der Waals surface area contributed by atoms with Gasteiger partial charge in [-0.1, -0.05) is 0 Å². The van der Waals surface area contributed by atoms with E-state index in [4.69, 9.17) is 5.11 Å². The minimum atomic E-state index is -1.30. The second kappa shape index (κ2) is 4.14. The molecular formula is C12H13N3O3. The zero-order valence-corrected chi connectivity index (χ0v) is 10.0. The van der Waals surface area contributed by atoms with Crippen molar-refractivity contribution in [2.75, 3.05) is 0 Å². The maximum absolute atomic E-state index is 11.9. The van der Waals surface area contributed by atoms with Crippen LogP contribution < -0.4 is 5.32 Å². The number of carbonyl (C=O) groups is 2. The molecular weight excluding hydrogens is 234 g/mol. The number of aromatic nitrogens is 2. The summed E-state index contributed by atoms with van der Waals surface area (Å²) in [4.78, 5) is 22.9. The number of carbonyl (C=O) groups excluding carboxylic acids is 1. The molecule has 0 radical (unpaired) electrons. The number of carboxylic acid groups (broad SMARTS) is 1. The van der Waals surface area contributed by atoms with Gasteiger partial charge >= 0.3 is 5.97 Å². The van der Waals surface area contributed by atoms with Crippen molar-refractivity contribution in [2.45, 2.75) is 19.4 Å². The van der Waals surface area contributed by atoms with Crippen molar-refractivity contribution in [3.05, 3.63) is 30.0 Å².